The first-order valence-electron chi connectivity index (χ1n) is 10.1. The summed E-state index contributed by atoms with van der Waals surface area (Å²) >= 11 is 1.39. The lowest BCUT2D eigenvalue weighted by atomic mass is 10.1. The van der Waals surface area contributed by atoms with Gasteiger partial charge in [0, 0.05) is 35.5 Å². The summed E-state index contributed by atoms with van der Waals surface area (Å²) in [6.07, 6.45) is 2.04. The maximum atomic E-state index is 12.9. The Bertz CT molecular complexity index is 1100. The molecule has 2 aromatic heterocycles. The molecular weight excluding hydrogens is 400 g/mol. The van der Waals surface area contributed by atoms with Crippen LogP contribution in [0.15, 0.2) is 24.3 Å². The fourth-order valence-corrected chi connectivity index (χ4v) is 4.75. The monoisotopic (exact) mass is 424 g/mol. The number of amides is 2. The summed E-state index contributed by atoms with van der Waals surface area (Å²) in [5.74, 6) is 0.478. The van der Waals surface area contributed by atoms with Crippen molar-refractivity contribution in [1.82, 2.24) is 9.97 Å². The molecule has 1 aliphatic rings. The lowest BCUT2D eigenvalue weighted by Gasteiger charge is -2.11. The molecule has 2 N–H and O–H groups in total. The fourth-order valence-electron chi connectivity index (χ4n) is 3.60. The van der Waals surface area contributed by atoms with Gasteiger partial charge in [-0.05, 0) is 56.5 Å². The first kappa shape index (κ1) is 20.4. The number of carbonyl (C=O) groups is 2. The van der Waals surface area contributed by atoms with Crippen LogP contribution in [0.5, 0.6) is 0 Å². The minimum atomic E-state index is -0.375. The number of aromatic nitrogens is 2. The van der Waals surface area contributed by atoms with Crippen LogP contribution >= 0.6 is 11.3 Å². The molecule has 3 aromatic rings. The van der Waals surface area contributed by atoms with Crippen molar-refractivity contribution in [3.63, 3.8) is 0 Å². The molecular formula is C22H24N4O3S. The van der Waals surface area contributed by atoms with E-state index in [2.05, 4.69) is 20.6 Å². The Morgan fingerprint density at radius 2 is 1.83 bits per heavy atom. The third-order valence-electron chi connectivity index (χ3n) is 5.17. The van der Waals surface area contributed by atoms with E-state index in [4.69, 9.17) is 4.74 Å². The van der Waals surface area contributed by atoms with Crippen LogP contribution in [0.1, 0.15) is 46.5 Å². The molecule has 7 nitrogen and oxygen atoms in total. The Hall–Kier alpha value is -2.84. The zero-order valence-electron chi connectivity index (χ0n) is 17.2. The lowest BCUT2D eigenvalue weighted by Crippen LogP contribution is -2.26. The number of nitrogens with zero attached hydrogens (tertiary/aromatic N) is 2. The van der Waals surface area contributed by atoms with Crippen LogP contribution in [0.4, 0.5) is 11.4 Å². The number of thiophene rings is 1. The van der Waals surface area contributed by atoms with E-state index in [1.165, 1.54) is 11.3 Å². The van der Waals surface area contributed by atoms with Gasteiger partial charge in [-0.1, -0.05) is 6.92 Å². The van der Waals surface area contributed by atoms with Crippen molar-refractivity contribution in [1.29, 1.82) is 0 Å². The van der Waals surface area contributed by atoms with Crippen LogP contribution in [0, 0.1) is 13.8 Å². The van der Waals surface area contributed by atoms with Crippen molar-refractivity contribution in [3.8, 4) is 0 Å². The number of hydrogen-bond donors (Lipinski definition) is 2. The Morgan fingerprint density at radius 1 is 1.13 bits per heavy atom. The molecule has 0 saturated carbocycles. The Kier molecular flexibility index (Phi) is 5.78. The second-order valence-electron chi connectivity index (χ2n) is 7.34. The molecule has 4 rings (SSSR count). The first-order valence-corrected chi connectivity index (χ1v) is 10.9. The van der Waals surface area contributed by atoms with Gasteiger partial charge in [0.05, 0.1) is 4.88 Å². The average molecular weight is 425 g/mol. The van der Waals surface area contributed by atoms with Crippen LogP contribution < -0.4 is 10.6 Å². The molecule has 0 spiro atoms. The highest BCUT2D eigenvalue weighted by Crippen LogP contribution is 2.32. The number of nitrogens with one attached hydrogen (secondary N) is 2. The zero-order chi connectivity index (χ0) is 21.3. The Morgan fingerprint density at radius 3 is 2.47 bits per heavy atom. The van der Waals surface area contributed by atoms with Crippen molar-refractivity contribution < 1.29 is 14.3 Å². The second-order valence-corrected chi connectivity index (χ2v) is 8.34. The second kappa shape index (κ2) is 8.49. The minimum absolute atomic E-state index is 0.131. The number of hydrogen-bond acceptors (Lipinski definition) is 6. The van der Waals surface area contributed by atoms with E-state index in [9.17, 15) is 9.59 Å². The molecule has 8 heteroatoms. The molecule has 1 fully saturated rings. The van der Waals surface area contributed by atoms with Gasteiger partial charge in [-0.2, -0.15) is 0 Å². The summed E-state index contributed by atoms with van der Waals surface area (Å²) < 4.78 is 5.39. The summed E-state index contributed by atoms with van der Waals surface area (Å²) in [7, 11) is 0. The van der Waals surface area contributed by atoms with Gasteiger partial charge in [-0.3, -0.25) is 9.59 Å². The molecule has 1 aromatic carbocycles. The first-order chi connectivity index (χ1) is 14.5. The van der Waals surface area contributed by atoms with Crippen molar-refractivity contribution in [2.24, 2.45) is 0 Å². The molecule has 1 saturated heterocycles. The normalized spacial score (nSPS) is 16.0. The molecule has 1 aliphatic heterocycles. The van der Waals surface area contributed by atoms with E-state index in [1.54, 1.807) is 24.3 Å². The predicted octanol–water partition coefficient (Wildman–Crippen LogP) is 4.24. The van der Waals surface area contributed by atoms with Crippen LogP contribution in [0.2, 0.25) is 0 Å². The van der Waals surface area contributed by atoms with E-state index in [-0.39, 0.29) is 17.9 Å². The van der Waals surface area contributed by atoms with Gasteiger partial charge in [-0.15, -0.1) is 11.3 Å². The van der Waals surface area contributed by atoms with Crippen molar-refractivity contribution >= 4 is 44.7 Å². The predicted molar refractivity (Wildman–Crippen MR) is 118 cm³/mol. The van der Waals surface area contributed by atoms with E-state index in [1.807, 2.05) is 20.8 Å². The van der Waals surface area contributed by atoms with Gasteiger partial charge in [0.25, 0.3) is 11.8 Å². The SMILES string of the molecule is CCc1nc(C)c2c(C)c(C(=O)Nc3ccc(NC(=O)[C@H]4CCCO4)cc3)sc2n1. The lowest BCUT2D eigenvalue weighted by molar-refractivity contribution is -0.124. The molecule has 0 unspecified atom stereocenters. The summed E-state index contributed by atoms with van der Waals surface area (Å²) in [6, 6.07) is 7.07. The van der Waals surface area contributed by atoms with Crippen molar-refractivity contribution in [2.45, 2.75) is 46.1 Å². The minimum Gasteiger partial charge on any atom is -0.368 e. The van der Waals surface area contributed by atoms with Crippen molar-refractivity contribution in [3.05, 3.63) is 46.2 Å². The average Bonchev–Trinajstić information content (AvgIpc) is 3.38. The van der Waals surface area contributed by atoms with Gasteiger partial charge in [0.15, 0.2) is 0 Å². The van der Waals surface area contributed by atoms with Crippen LogP contribution in [-0.2, 0) is 16.0 Å². The summed E-state index contributed by atoms with van der Waals surface area (Å²) in [5, 5.41) is 6.73. The molecule has 0 aliphatic carbocycles. The summed E-state index contributed by atoms with van der Waals surface area (Å²) in [5.41, 5.74) is 3.12. The molecule has 2 amide bonds. The highest BCUT2D eigenvalue weighted by molar-refractivity contribution is 7.20. The summed E-state index contributed by atoms with van der Waals surface area (Å²) in [6.45, 7) is 6.53. The summed E-state index contributed by atoms with van der Waals surface area (Å²) in [4.78, 5) is 35.6. The number of aryl methyl sites for hydroxylation is 3. The van der Waals surface area contributed by atoms with Crippen molar-refractivity contribution in [2.75, 3.05) is 17.2 Å². The van der Waals surface area contributed by atoms with Crippen LogP contribution in [0.25, 0.3) is 10.2 Å². The molecule has 3 heterocycles. The Balaban J connectivity index is 1.48. The maximum Gasteiger partial charge on any atom is 0.266 e. The van der Waals surface area contributed by atoms with E-state index in [0.717, 1.165) is 46.6 Å². The highest BCUT2D eigenvalue weighted by atomic mass is 32.1. The quantitative estimate of drug-likeness (QED) is 0.639. The fraction of sp³-hybridized carbons (Fsp3) is 0.364. The zero-order valence-corrected chi connectivity index (χ0v) is 18.1. The van der Waals surface area contributed by atoms with E-state index < -0.39 is 0 Å². The van der Waals surface area contributed by atoms with E-state index in [0.29, 0.717) is 22.9 Å². The standard InChI is InChI=1S/C22H24N4O3S/c1-4-17-23-13(3)18-12(2)19(30-22(18)26-17)21(28)25-15-9-7-14(8-10-15)24-20(27)16-6-5-11-29-16/h7-10,16H,4-6,11H2,1-3H3,(H,24,27)(H,25,28)/t16-/m1/s1. The van der Waals surface area contributed by atoms with Gasteiger partial charge >= 0.3 is 0 Å². The maximum absolute atomic E-state index is 12.9. The highest BCUT2D eigenvalue weighted by Gasteiger charge is 2.23. The van der Waals surface area contributed by atoms with Gasteiger partial charge in [0.1, 0.15) is 16.8 Å². The van der Waals surface area contributed by atoms with Gasteiger partial charge < -0.3 is 15.4 Å². The Labute approximate surface area is 178 Å². The van der Waals surface area contributed by atoms with Gasteiger partial charge in [0.2, 0.25) is 0 Å². The number of rotatable bonds is 5. The molecule has 156 valence electrons. The molecule has 0 bridgehead atoms. The number of carbonyl (C=O) groups excluding carboxylic acids is 2. The molecule has 1 atom stereocenters. The number of benzene rings is 1. The smallest absolute Gasteiger partial charge is 0.266 e. The van der Waals surface area contributed by atoms with Crippen LogP contribution in [-0.4, -0.2) is 34.5 Å². The number of anilines is 2. The molecule has 30 heavy (non-hydrogen) atoms. The molecule has 0 radical (unpaired) electrons. The number of fused-ring (bicyclic) bond motifs is 1. The topological polar surface area (TPSA) is 93.2 Å². The van der Waals surface area contributed by atoms with E-state index >= 15 is 0 Å². The van der Waals surface area contributed by atoms with Crippen LogP contribution in [0.3, 0.4) is 0 Å². The third kappa shape index (κ3) is 4.06. The third-order valence-corrected chi connectivity index (χ3v) is 6.36. The van der Waals surface area contributed by atoms with Gasteiger partial charge in [-0.25, -0.2) is 9.97 Å². The largest absolute Gasteiger partial charge is 0.368 e. The number of ether oxygens (including phenoxy) is 1.